The van der Waals surface area contributed by atoms with Crippen molar-refractivity contribution in [3.05, 3.63) is 33.9 Å². The Hall–Kier alpha value is -1.32. The van der Waals surface area contributed by atoms with E-state index in [-0.39, 0.29) is 18.3 Å². The van der Waals surface area contributed by atoms with Crippen LogP contribution in [0.1, 0.15) is 18.5 Å². The molecule has 1 aromatic heterocycles. The SMILES string of the molecule is Cc1ccc2c(Cl)cc(Cl)c(OCC(=O)C3CC3)c2n1. The van der Waals surface area contributed by atoms with Crippen LogP contribution in [0, 0.1) is 12.8 Å². The first-order valence-electron chi connectivity index (χ1n) is 6.47. The van der Waals surface area contributed by atoms with Crippen molar-refractivity contribution in [2.45, 2.75) is 19.8 Å². The minimum Gasteiger partial charge on any atom is -0.482 e. The topological polar surface area (TPSA) is 39.2 Å². The Morgan fingerprint density at radius 1 is 1.35 bits per heavy atom. The molecule has 1 aliphatic carbocycles. The highest BCUT2D eigenvalue weighted by Crippen LogP contribution is 2.38. The Kier molecular flexibility index (Phi) is 3.57. The van der Waals surface area contributed by atoms with Gasteiger partial charge in [-0.05, 0) is 38.0 Å². The number of hydrogen-bond donors (Lipinski definition) is 0. The van der Waals surface area contributed by atoms with Gasteiger partial charge in [-0.1, -0.05) is 23.2 Å². The van der Waals surface area contributed by atoms with Crippen LogP contribution in [0.5, 0.6) is 5.75 Å². The third-order valence-electron chi connectivity index (χ3n) is 3.37. The van der Waals surface area contributed by atoms with Crippen molar-refractivity contribution >= 4 is 39.9 Å². The van der Waals surface area contributed by atoms with Crippen molar-refractivity contribution in [2.75, 3.05) is 6.61 Å². The van der Waals surface area contributed by atoms with Gasteiger partial charge in [0.15, 0.2) is 11.5 Å². The van der Waals surface area contributed by atoms with E-state index in [9.17, 15) is 4.79 Å². The number of carbonyl (C=O) groups excluding carboxylic acids is 1. The average Bonchev–Trinajstić information content (AvgIpc) is 3.22. The fourth-order valence-corrected chi connectivity index (χ4v) is 2.66. The molecule has 3 nitrogen and oxygen atoms in total. The number of ether oxygens (including phenoxy) is 1. The molecule has 0 amide bonds. The molecular formula is C15H13Cl2NO2. The van der Waals surface area contributed by atoms with Gasteiger partial charge in [-0.2, -0.15) is 0 Å². The molecule has 1 heterocycles. The number of fused-ring (bicyclic) bond motifs is 1. The van der Waals surface area contributed by atoms with Crippen LogP contribution in [0.25, 0.3) is 10.9 Å². The summed E-state index contributed by atoms with van der Waals surface area (Å²) >= 11 is 12.3. The van der Waals surface area contributed by atoms with Gasteiger partial charge in [-0.25, -0.2) is 4.98 Å². The van der Waals surface area contributed by atoms with Gasteiger partial charge in [-0.3, -0.25) is 4.79 Å². The van der Waals surface area contributed by atoms with E-state index >= 15 is 0 Å². The van der Waals surface area contributed by atoms with Crippen LogP contribution in [0.4, 0.5) is 0 Å². The Bertz CT molecular complexity index is 696. The first kappa shape index (κ1) is 13.7. The van der Waals surface area contributed by atoms with E-state index in [0.29, 0.717) is 21.3 Å². The normalized spacial score (nSPS) is 14.6. The highest BCUT2D eigenvalue weighted by molar-refractivity contribution is 6.39. The van der Waals surface area contributed by atoms with E-state index in [4.69, 9.17) is 27.9 Å². The maximum Gasteiger partial charge on any atom is 0.173 e. The van der Waals surface area contributed by atoms with E-state index in [1.54, 1.807) is 6.07 Å². The van der Waals surface area contributed by atoms with Crippen molar-refractivity contribution in [1.82, 2.24) is 4.98 Å². The predicted molar refractivity (Wildman–Crippen MR) is 79.7 cm³/mol. The lowest BCUT2D eigenvalue weighted by atomic mass is 10.2. The number of benzene rings is 1. The van der Waals surface area contributed by atoms with Gasteiger partial charge in [0, 0.05) is 17.0 Å². The zero-order valence-corrected chi connectivity index (χ0v) is 12.5. The number of aromatic nitrogens is 1. The third kappa shape index (κ3) is 2.60. The summed E-state index contributed by atoms with van der Waals surface area (Å²) < 4.78 is 5.62. The minimum atomic E-state index is 0.0384. The van der Waals surface area contributed by atoms with Gasteiger partial charge >= 0.3 is 0 Å². The lowest BCUT2D eigenvalue weighted by Gasteiger charge is -2.11. The number of Topliss-reactive ketones (excluding diaryl/α,β-unsaturated/α-hetero) is 1. The van der Waals surface area contributed by atoms with Gasteiger partial charge in [0.2, 0.25) is 0 Å². The number of pyridine rings is 1. The molecule has 104 valence electrons. The number of rotatable bonds is 4. The van der Waals surface area contributed by atoms with Crippen LogP contribution in [0.15, 0.2) is 18.2 Å². The molecule has 0 bridgehead atoms. The number of aryl methyl sites for hydroxylation is 1. The largest absolute Gasteiger partial charge is 0.482 e. The smallest absolute Gasteiger partial charge is 0.173 e. The van der Waals surface area contributed by atoms with Crippen LogP contribution < -0.4 is 4.74 Å². The fraction of sp³-hybridized carbons (Fsp3) is 0.333. The molecule has 0 saturated heterocycles. The summed E-state index contributed by atoms with van der Waals surface area (Å²) in [6.45, 7) is 1.92. The van der Waals surface area contributed by atoms with E-state index < -0.39 is 0 Å². The van der Waals surface area contributed by atoms with Crippen molar-refractivity contribution in [2.24, 2.45) is 5.92 Å². The highest BCUT2D eigenvalue weighted by atomic mass is 35.5. The Labute approximate surface area is 126 Å². The third-order valence-corrected chi connectivity index (χ3v) is 3.96. The lowest BCUT2D eigenvalue weighted by Crippen LogP contribution is -2.13. The Balaban J connectivity index is 1.99. The second kappa shape index (κ2) is 5.23. The number of carbonyl (C=O) groups is 1. The van der Waals surface area contributed by atoms with Crippen molar-refractivity contribution < 1.29 is 9.53 Å². The number of nitrogens with zero attached hydrogens (tertiary/aromatic N) is 1. The average molecular weight is 310 g/mol. The van der Waals surface area contributed by atoms with Crippen LogP contribution in [-0.2, 0) is 4.79 Å². The molecule has 0 unspecified atom stereocenters. The first-order chi connectivity index (χ1) is 9.56. The summed E-state index contributed by atoms with van der Waals surface area (Å²) in [5.41, 5.74) is 1.44. The molecule has 0 N–H and O–H groups in total. The quantitative estimate of drug-likeness (QED) is 0.849. The summed E-state index contributed by atoms with van der Waals surface area (Å²) in [6, 6.07) is 5.38. The van der Waals surface area contributed by atoms with Crippen LogP contribution in [-0.4, -0.2) is 17.4 Å². The maximum absolute atomic E-state index is 11.7. The number of ketones is 1. The zero-order valence-electron chi connectivity index (χ0n) is 11.0. The van der Waals surface area contributed by atoms with Crippen molar-refractivity contribution in [3.63, 3.8) is 0 Å². The molecule has 1 aromatic carbocycles. The molecule has 3 rings (SSSR count). The molecule has 1 fully saturated rings. The van der Waals surface area contributed by atoms with Crippen LogP contribution in [0.2, 0.25) is 10.0 Å². The van der Waals surface area contributed by atoms with Crippen LogP contribution in [0.3, 0.4) is 0 Å². The van der Waals surface area contributed by atoms with E-state index in [1.165, 1.54) is 0 Å². The van der Waals surface area contributed by atoms with Gasteiger partial charge in [-0.15, -0.1) is 0 Å². The molecule has 1 saturated carbocycles. The summed E-state index contributed by atoms with van der Waals surface area (Å²) in [7, 11) is 0. The molecule has 0 spiro atoms. The summed E-state index contributed by atoms with van der Waals surface area (Å²) in [4.78, 5) is 16.2. The molecule has 5 heteroatoms. The maximum atomic E-state index is 11.7. The summed E-state index contributed by atoms with van der Waals surface area (Å²) in [5, 5.41) is 1.68. The van der Waals surface area contributed by atoms with Gasteiger partial charge in [0.05, 0.1) is 10.0 Å². The molecule has 0 radical (unpaired) electrons. The molecule has 1 aliphatic rings. The second-order valence-electron chi connectivity index (χ2n) is 5.05. The number of halogens is 2. The minimum absolute atomic E-state index is 0.0384. The van der Waals surface area contributed by atoms with Gasteiger partial charge in [0.25, 0.3) is 0 Å². The summed E-state index contributed by atoms with van der Waals surface area (Å²) in [6.07, 6.45) is 1.93. The monoisotopic (exact) mass is 309 g/mol. The molecule has 0 atom stereocenters. The predicted octanol–water partition coefficient (Wildman–Crippen LogP) is 4.21. The second-order valence-corrected chi connectivity index (χ2v) is 5.86. The Morgan fingerprint density at radius 2 is 2.10 bits per heavy atom. The molecule has 0 aliphatic heterocycles. The summed E-state index contributed by atoms with van der Waals surface area (Å²) in [5.74, 6) is 0.725. The Morgan fingerprint density at radius 3 is 2.80 bits per heavy atom. The first-order valence-corrected chi connectivity index (χ1v) is 7.22. The van der Waals surface area contributed by atoms with E-state index in [2.05, 4.69) is 4.98 Å². The zero-order chi connectivity index (χ0) is 14.3. The molecular weight excluding hydrogens is 297 g/mol. The van der Waals surface area contributed by atoms with Crippen molar-refractivity contribution in [3.8, 4) is 5.75 Å². The standard InChI is InChI=1S/C15H13Cl2NO2/c1-8-2-5-10-11(16)6-12(17)15(14(10)18-8)20-7-13(19)9-3-4-9/h2,5-6,9H,3-4,7H2,1H3. The molecule has 2 aromatic rings. The van der Waals surface area contributed by atoms with E-state index in [0.717, 1.165) is 23.9 Å². The van der Waals surface area contributed by atoms with Crippen LogP contribution >= 0.6 is 23.2 Å². The van der Waals surface area contributed by atoms with E-state index in [1.807, 2.05) is 19.1 Å². The number of hydrogen-bond acceptors (Lipinski definition) is 3. The molecule has 20 heavy (non-hydrogen) atoms. The van der Waals surface area contributed by atoms with Gasteiger partial charge in [0.1, 0.15) is 12.1 Å². The highest BCUT2D eigenvalue weighted by Gasteiger charge is 2.30. The fourth-order valence-electron chi connectivity index (χ4n) is 2.09. The lowest BCUT2D eigenvalue weighted by molar-refractivity contribution is -0.122. The van der Waals surface area contributed by atoms with Crippen molar-refractivity contribution in [1.29, 1.82) is 0 Å². The van der Waals surface area contributed by atoms with Gasteiger partial charge < -0.3 is 4.74 Å².